The van der Waals surface area contributed by atoms with E-state index in [0.29, 0.717) is 11.3 Å². The van der Waals surface area contributed by atoms with E-state index in [0.717, 1.165) is 32.6 Å². The average molecular weight is 338 g/mol. The van der Waals surface area contributed by atoms with E-state index in [9.17, 15) is 4.79 Å². The molecule has 0 aromatic heterocycles. The molecule has 4 heteroatoms. The van der Waals surface area contributed by atoms with Gasteiger partial charge in [-0.2, -0.15) is 0 Å². The average Bonchev–Trinajstić information content (AvgIpc) is 2.67. The van der Waals surface area contributed by atoms with Crippen LogP contribution in [0.1, 0.15) is 28.4 Å². The lowest BCUT2D eigenvalue weighted by Gasteiger charge is -2.38. The van der Waals surface area contributed by atoms with Crippen LogP contribution in [0.25, 0.3) is 0 Å². The number of hydrogen-bond donors (Lipinski definition) is 0. The lowest BCUT2D eigenvalue weighted by atomic mass is 10.0. The third-order valence-electron chi connectivity index (χ3n) is 4.92. The smallest absolute Gasteiger partial charge is 0.257 e. The van der Waals surface area contributed by atoms with Gasteiger partial charge < -0.3 is 14.5 Å². The van der Waals surface area contributed by atoms with Crippen LogP contribution in [0, 0.1) is 6.92 Å². The van der Waals surface area contributed by atoms with Gasteiger partial charge in [-0.05, 0) is 36.6 Å². The van der Waals surface area contributed by atoms with Gasteiger partial charge in [0, 0.05) is 31.9 Å². The molecular weight excluding hydrogens is 312 g/mol. The third-order valence-corrected chi connectivity index (χ3v) is 4.92. The summed E-state index contributed by atoms with van der Waals surface area (Å²) in [5.41, 5.74) is 4.67. The molecule has 1 aliphatic rings. The Bertz CT molecular complexity index is 749. The topological polar surface area (TPSA) is 32.8 Å². The molecule has 2 aromatic rings. The van der Waals surface area contributed by atoms with Crippen molar-refractivity contribution in [1.29, 1.82) is 0 Å². The molecule has 1 aliphatic heterocycles. The van der Waals surface area contributed by atoms with Crippen molar-refractivity contribution >= 4 is 11.6 Å². The van der Waals surface area contributed by atoms with E-state index in [1.807, 2.05) is 29.2 Å². The van der Waals surface area contributed by atoms with Gasteiger partial charge >= 0.3 is 0 Å². The first-order valence-electron chi connectivity index (χ1n) is 8.91. The fraction of sp³-hybridized carbons (Fsp3) is 0.381. The van der Waals surface area contributed by atoms with Gasteiger partial charge in [0.1, 0.15) is 5.75 Å². The first kappa shape index (κ1) is 17.3. The Kier molecular flexibility index (Phi) is 5.27. The Morgan fingerprint density at radius 3 is 2.44 bits per heavy atom. The standard InChI is InChI=1S/C21H26N2O2/c1-4-17-9-7-8-16(2)20(17)22-12-14-23(15-13-22)21(24)18-10-5-6-11-19(18)25-3/h5-11H,4,12-15H2,1-3H3. The van der Waals surface area contributed by atoms with E-state index < -0.39 is 0 Å². The molecule has 2 aromatic carbocycles. The van der Waals surface area contributed by atoms with Crippen molar-refractivity contribution < 1.29 is 9.53 Å². The minimum Gasteiger partial charge on any atom is -0.496 e. The van der Waals surface area contributed by atoms with Crippen molar-refractivity contribution in [2.75, 3.05) is 38.2 Å². The van der Waals surface area contributed by atoms with E-state index >= 15 is 0 Å². The molecule has 0 unspecified atom stereocenters. The van der Waals surface area contributed by atoms with E-state index in [1.165, 1.54) is 16.8 Å². The SMILES string of the molecule is CCc1cccc(C)c1N1CCN(C(=O)c2ccccc2OC)CC1. The van der Waals surface area contributed by atoms with Gasteiger partial charge in [-0.3, -0.25) is 4.79 Å². The van der Waals surface area contributed by atoms with Crippen LogP contribution in [0.2, 0.25) is 0 Å². The number of anilines is 1. The zero-order chi connectivity index (χ0) is 17.8. The zero-order valence-corrected chi connectivity index (χ0v) is 15.3. The second-order valence-electron chi connectivity index (χ2n) is 6.42. The summed E-state index contributed by atoms with van der Waals surface area (Å²) in [6, 6.07) is 13.9. The Labute approximate surface area is 150 Å². The number of para-hydroxylation sites is 2. The third kappa shape index (κ3) is 3.48. The Balaban J connectivity index is 1.73. The highest BCUT2D eigenvalue weighted by molar-refractivity contribution is 5.97. The predicted octanol–water partition coefficient (Wildman–Crippen LogP) is 3.53. The monoisotopic (exact) mass is 338 g/mol. The summed E-state index contributed by atoms with van der Waals surface area (Å²) in [6.07, 6.45) is 1.03. The van der Waals surface area contributed by atoms with Gasteiger partial charge in [-0.1, -0.05) is 37.3 Å². The molecule has 0 spiro atoms. The van der Waals surface area contributed by atoms with Crippen molar-refractivity contribution in [2.45, 2.75) is 20.3 Å². The van der Waals surface area contributed by atoms with Gasteiger partial charge in [0.05, 0.1) is 12.7 Å². The number of piperazine rings is 1. The molecule has 1 saturated heterocycles. The summed E-state index contributed by atoms with van der Waals surface area (Å²) in [7, 11) is 1.61. The summed E-state index contributed by atoms with van der Waals surface area (Å²) >= 11 is 0. The maximum Gasteiger partial charge on any atom is 0.257 e. The molecule has 0 N–H and O–H groups in total. The van der Waals surface area contributed by atoms with Gasteiger partial charge in [0.2, 0.25) is 0 Å². The summed E-state index contributed by atoms with van der Waals surface area (Å²) in [4.78, 5) is 17.2. The number of carbonyl (C=O) groups excluding carboxylic acids is 1. The summed E-state index contributed by atoms with van der Waals surface area (Å²) in [5, 5.41) is 0. The maximum atomic E-state index is 12.8. The minimum atomic E-state index is 0.0533. The van der Waals surface area contributed by atoms with E-state index in [1.54, 1.807) is 7.11 Å². The molecule has 0 bridgehead atoms. The number of benzene rings is 2. The van der Waals surface area contributed by atoms with Crippen molar-refractivity contribution in [3.05, 3.63) is 59.2 Å². The minimum absolute atomic E-state index is 0.0533. The second-order valence-corrected chi connectivity index (χ2v) is 6.42. The quantitative estimate of drug-likeness (QED) is 0.855. The fourth-order valence-electron chi connectivity index (χ4n) is 3.58. The maximum absolute atomic E-state index is 12.8. The molecule has 3 rings (SSSR count). The van der Waals surface area contributed by atoms with Crippen molar-refractivity contribution in [2.24, 2.45) is 0 Å². The fourth-order valence-corrected chi connectivity index (χ4v) is 3.58. The largest absolute Gasteiger partial charge is 0.496 e. The van der Waals surface area contributed by atoms with Gasteiger partial charge in [-0.25, -0.2) is 0 Å². The number of methoxy groups -OCH3 is 1. The molecule has 0 atom stereocenters. The number of amides is 1. The number of rotatable bonds is 4. The Morgan fingerprint density at radius 1 is 1.04 bits per heavy atom. The number of ether oxygens (including phenoxy) is 1. The second kappa shape index (κ2) is 7.60. The lowest BCUT2D eigenvalue weighted by molar-refractivity contribution is 0.0743. The van der Waals surface area contributed by atoms with Crippen LogP contribution >= 0.6 is 0 Å². The number of aryl methyl sites for hydroxylation is 2. The number of carbonyl (C=O) groups is 1. The molecule has 1 amide bonds. The molecule has 1 fully saturated rings. The van der Waals surface area contributed by atoms with Crippen LogP contribution in [0.15, 0.2) is 42.5 Å². The molecular formula is C21H26N2O2. The lowest BCUT2D eigenvalue weighted by Crippen LogP contribution is -2.49. The predicted molar refractivity (Wildman–Crippen MR) is 102 cm³/mol. The van der Waals surface area contributed by atoms with Crippen molar-refractivity contribution in [3.63, 3.8) is 0 Å². The normalized spacial score (nSPS) is 14.5. The van der Waals surface area contributed by atoms with Crippen LogP contribution in [-0.2, 0) is 6.42 Å². The van der Waals surface area contributed by atoms with Gasteiger partial charge in [0.25, 0.3) is 5.91 Å². The van der Waals surface area contributed by atoms with Crippen molar-refractivity contribution in [3.8, 4) is 5.75 Å². The highest BCUT2D eigenvalue weighted by Crippen LogP contribution is 2.27. The van der Waals surface area contributed by atoms with Crippen LogP contribution in [-0.4, -0.2) is 44.1 Å². The molecule has 0 saturated carbocycles. The molecule has 0 aliphatic carbocycles. The van der Waals surface area contributed by atoms with E-state index in [4.69, 9.17) is 4.74 Å². The Hall–Kier alpha value is -2.49. The van der Waals surface area contributed by atoms with Crippen LogP contribution in [0.4, 0.5) is 5.69 Å². The molecule has 4 nitrogen and oxygen atoms in total. The first-order chi connectivity index (χ1) is 12.2. The van der Waals surface area contributed by atoms with Crippen molar-refractivity contribution in [1.82, 2.24) is 4.90 Å². The van der Waals surface area contributed by atoms with Crippen LogP contribution in [0.3, 0.4) is 0 Å². The van der Waals surface area contributed by atoms with E-state index in [-0.39, 0.29) is 5.91 Å². The number of hydrogen-bond acceptors (Lipinski definition) is 3. The highest BCUT2D eigenvalue weighted by atomic mass is 16.5. The highest BCUT2D eigenvalue weighted by Gasteiger charge is 2.25. The molecule has 0 radical (unpaired) electrons. The summed E-state index contributed by atoms with van der Waals surface area (Å²) in [5.74, 6) is 0.694. The zero-order valence-electron chi connectivity index (χ0n) is 15.3. The molecule has 25 heavy (non-hydrogen) atoms. The Morgan fingerprint density at radius 2 is 1.76 bits per heavy atom. The summed E-state index contributed by atoms with van der Waals surface area (Å²) < 4.78 is 5.34. The summed E-state index contributed by atoms with van der Waals surface area (Å²) in [6.45, 7) is 7.54. The van der Waals surface area contributed by atoms with Crippen LogP contribution < -0.4 is 9.64 Å². The van der Waals surface area contributed by atoms with E-state index in [2.05, 4.69) is 36.9 Å². The number of nitrogens with zero attached hydrogens (tertiary/aromatic N) is 2. The molecule has 1 heterocycles. The van der Waals surface area contributed by atoms with Gasteiger partial charge in [-0.15, -0.1) is 0 Å². The van der Waals surface area contributed by atoms with Gasteiger partial charge in [0.15, 0.2) is 0 Å². The first-order valence-corrected chi connectivity index (χ1v) is 8.91. The van der Waals surface area contributed by atoms with Crippen LogP contribution in [0.5, 0.6) is 5.75 Å². The molecule has 132 valence electrons.